The summed E-state index contributed by atoms with van der Waals surface area (Å²) in [4.78, 5) is 33.6. The largest absolute Gasteiger partial charge is 0.416 e. The van der Waals surface area contributed by atoms with Gasteiger partial charge in [0.05, 0.1) is 12.5 Å². The van der Waals surface area contributed by atoms with E-state index in [0.29, 0.717) is 15.2 Å². The molecule has 5 rings (SSSR count). The van der Waals surface area contributed by atoms with E-state index < -0.39 is 48.6 Å². The van der Waals surface area contributed by atoms with Crippen molar-refractivity contribution in [3.05, 3.63) is 75.8 Å². The number of carbonyl (C=O) groups excluding carboxylic acids is 1. The van der Waals surface area contributed by atoms with Crippen molar-refractivity contribution in [2.24, 2.45) is 5.92 Å². The molecule has 0 bridgehead atoms. The standard InChI is InChI=1S/C24H19ClF5N7O3/c25-15-5-3-13(4-6-15)21-34-36(22(40)35(21)10-18(39)24(28,29)30)11-19-32-12-37(33-19)20-14(2-1-7-31-20)8-17(38)16-9-23(16,26)27/h1-7,12,16,18,39H,8-11H2/t16?,18-/m0/s1. The lowest BCUT2D eigenvalue weighted by Gasteiger charge is -2.15. The fraction of sp³-hybridized carbons (Fsp3) is 0.333. The maximum Gasteiger partial charge on any atom is 0.416 e. The Morgan fingerprint density at radius 1 is 1.15 bits per heavy atom. The first-order valence-electron chi connectivity index (χ1n) is 11.8. The Balaban J connectivity index is 1.43. The number of benzene rings is 1. The number of hydrogen-bond donors (Lipinski definition) is 1. The van der Waals surface area contributed by atoms with Crippen LogP contribution in [0, 0.1) is 5.92 Å². The number of aliphatic hydroxyl groups excluding tert-OH is 1. The number of alkyl halides is 5. The van der Waals surface area contributed by atoms with Crippen LogP contribution in [0.2, 0.25) is 5.02 Å². The van der Waals surface area contributed by atoms with Crippen LogP contribution in [0.3, 0.4) is 0 Å². The summed E-state index contributed by atoms with van der Waals surface area (Å²) in [5.74, 6) is -4.94. The number of aliphatic hydroxyl groups is 1. The Morgan fingerprint density at radius 3 is 2.50 bits per heavy atom. The van der Waals surface area contributed by atoms with Gasteiger partial charge in [-0.2, -0.15) is 13.2 Å². The predicted molar refractivity (Wildman–Crippen MR) is 129 cm³/mol. The molecule has 1 fully saturated rings. The maximum atomic E-state index is 13.3. The molecule has 1 N–H and O–H groups in total. The van der Waals surface area contributed by atoms with Gasteiger partial charge in [0.2, 0.25) is 0 Å². The number of ketones is 1. The third-order valence-electron chi connectivity index (χ3n) is 6.25. The van der Waals surface area contributed by atoms with Gasteiger partial charge in [-0.25, -0.2) is 32.9 Å². The molecule has 3 aromatic heterocycles. The number of hydrogen-bond acceptors (Lipinski definition) is 7. The molecule has 16 heteroatoms. The fourth-order valence-corrected chi connectivity index (χ4v) is 4.18. The van der Waals surface area contributed by atoms with Crippen molar-refractivity contribution < 1.29 is 31.9 Å². The third kappa shape index (κ3) is 5.65. The Kier molecular flexibility index (Phi) is 7.04. The van der Waals surface area contributed by atoms with E-state index >= 15 is 0 Å². The highest BCUT2D eigenvalue weighted by atomic mass is 35.5. The number of pyridine rings is 1. The summed E-state index contributed by atoms with van der Waals surface area (Å²) in [6, 6.07) is 8.92. The van der Waals surface area contributed by atoms with E-state index in [1.165, 1.54) is 47.5 Å². The third-order valence-corrected chi connectivity index (χ3v) is 6.50. The van der Waals surface area contributed by atoms with E-state index in [0.717, 1.165) is 4.68 Å². The zero-order chi connectivity index (χ0) is 28.8. The highest BCUT2D eigenvalue weighted by Crippen LogP contribution is 2.49. The monoisotopic (exact) mass is 583 g/mol. The molecular formula is C24H19ClF5N7O3. The molecule has 0 amide bonds. The molecule has 1 saturated carbocycles. The van der Waals surface area contributed by atoms with E-state index in [-0.39, 0.29) is 36.0 Å². The summed E-state index contributed by atoms with van der Waals surface area (Å²) >= 11 is 5.89. The van der Waals surface area contributed by atoms with Crippen LogP contribution < -0.4 is 5.69 Å². The summed E-state index contributed by atoms with van der Waals surface area (Å²) in [5.41, 5.74) is -0.351. The molecule has 0 spiro atoms. The van der Waals surface area contributed by atoms with Crippen molar-refractivity contribution >= 4 is 17.4 Å². The van der Waals surface area contributed by atoms with Crippen LogP contribution in [0.15, 0.2) is 53.7 Å². The number of rotatable bonds is 9. The van der Waals surface area contributed by atoms with E-state index in [4.69, 9.17) is 11.6 Å². The molecule has 1 aliphatic carbocycles. The van der Waals surface area contributed by atoms with Gasteiger partial charge in [0.1, 0.15) is 18.7 Å². The van der Waals surface area contributed by atoms with Crippen molar-refractivity contribution in [3.63, 3.8) is 0 Å². The lowest BCUT2D eigenvalue weighted by atomic mass is 10.1. The quantitative estimate of drug-likeness (QED) is 0.301. The number of halogens is 6. The Hall–Kier alpha value is -3.98. The summed E-state index contributed by atoms with van der Waals surface area (Å²) in [7, 11) is 0. The highest BCUT2D eigenvalue weighted by Gasteiger charge is 2.60. The lowest BCUT2D eigenvalue weighted by molar-refractivity contribution is -0.207. The van der Waals surface area contributed by atoms with Crippen molar-refractivity contribution in [1.29, 1.82) is 0 Å². The van der Waals surface area contributed by atoms with Crippen LogP contribution in [0.1, 0.15) is 17.8 Å². The van der Waals surface area contributed by atoms with Gasteiger partial charge in [-0.15, -0.1) is 10.2 Å². The van der Waals surface area contributed by atoms with Gasteiger partial charge in [0.15, 0.2) is 23.6 Å². The SMILES string of the molecule is O=C(Cc1cccnc1-n1cnc(Cn2nc(-c3ccc(Cl)cc3)n(C[C@H](O)C(F)(F)F)c2=O)n1)C1CC1(F)F. The molecule has 0 aliphatic heterocycles. The first-order chi connectivity index (χ1) is 18.8. The second kappa shape index (κ2) is 10.2. The number of carbonyl (C=O) groups is 1. The van der Waals surface area contributed by atoms with Crippen LogP contribution in [0.5, 0.6) is 0 Å². The van der Waals surface area contributed by atoms with Crippen molar-refractivity contribution in [2.45, 2.75) is 44.1 Å². The van der Waals surface area contributed by atoms with E-state index in [1.54, 1.807) is 6.07 Å². The Labute approximate surface area is 226 Å². The zero-order valence-electron chi connectivity index (χ0n) is 20.3. The summed E-state index contributed by atoms with van der Waals surface area (Å²) < 4.78 is 68.6. The molecule has 2 atom stereocenters. The van der Waals surface area contributed by atoms with Gasteiger partial charge >= 0.3 is 11.9 Å². The van der Waals surface area contributed by atoms with Gasteiger partial charge < -0.3 is 5.11 Å². The molecule has 210 valence electrons. The Bertz CT molecular complexity index is 1610. The Morgan fingerprint density at radius 2 is 1.85 bits per heavy atom. The van der Waals surface area contributed by atoms with Gasteiger partial charge in [0.25, 0.3) is 5.92 Å². The molecular weight excluding hydrogens is 565 g/mol. The highest BCUT2D eigenvalue weighted by molar-refractivity contribution is 6.30. The normalized spacial score (nSPS) is 17.1. The number of nitrogens with zero attached hydrogens (tertiary/aromatic N) is 7. The molecule has 1 unspecified atom stereocenters. The van der Waals surface area contributed by atoms with Crippen LogP contribution >= 0.6 is 11.6 Å². The van der Waals surface area contributed by atoms with Crippen molar-refractivity contribution in [3.8, 4) is 17.2 Å². The van der Waals surface area contributed by atoms with E-state index in [9.17, 15) is 36.6 Å². The van der Waals surface area contributed by atoms with Gasteiger partial charge in [-0.3, -0.25) is 9.36 Å². The molecule has 10 nitrogen and oxygen atoms in total. The smallest absolute Gasteiger partial charge is 0.382 e. The van der Waals surface area contributed by atoms with Gasteiger partial charge in [0, 0.05) is 35.2 Å². The minimum atomic E-state index is -4.98. The summed E-state index contributed by atoms with van der Waals surface area (Å²) in [6.07, 6.45) is -5.95. The average Bonchev–Trinajstić information content (AvgIpc) is 3.18. The minimum absolute atomic E-state index is 0.0161. The maximum absolute atomic E-state index is 13.3. The van der Waals surface area contributed by atoms with E-state index in [1.807, 2.05) is 0 Å². The van der Waals surface area contributed by atoms with Crippen molar-refractivity contribution in [2.75, 3.05) is 0 Å². The fourth-order valence-electron chi connectivity index (χ4n) is 4.05. The summed E-state index contributed by atoms with van der Waals surface area (Å²) in [6.45, 7) is -1.47. The molecule has 1 aliphatic rings. The minimum Gasteiger partial charge on any atom is -0.382 e. The molecule has 0 saturated heterocycles. The zero-order valence-corrected chi connectivity index (χ0v) is 21.0. The number of Topliss-reactive ketones (excluding diaryl/α,β-unsaturated/α-hetero) is 1. The van der Waals surface area contributed by atoms with E-state index in [2.05, 4.69) is 20.2 Å². The van der Waals surface area contributed by atoms with Gasteiger partial charge in [-0.1, -0.05) is 17.7 Å². The second-order valence-electron chi connectivity index (χ2n) is 9.19. The topological polar surface area (TPSA) is 121 Å². The van der Waals surface area contributed by atoms with Crippen LogP contribution in [-0.4, -0.2) is 63.2 Å². The molecule has 3 heterocycles. The van der Waals surface area contributed by atoms with Crippen molar-refractivity contribution in [1.82, 2.24) is 34.1 Å². The molecule has 40 heavy (non-hydrogen) atoms. The predicted octanol–water partition coefficient (Wildman–Crippen LogP) is 3.08. The first kappa shape index (κ1) is 27.6. The van der Waals surface area contributed by atoms with Crippen LogP contribution in [-0.2, 0) is 24.3 Å². The van der Waals surface area contributed by atoms with Gasteiger partial charge in [-0.05, 0) is 30.3 Å². The first-order valence-corrected chi connectivity index (χ1v) is 12.1. The van der Waals surface area contributed by atoms with Crippen LogP contribution in [0.4, 0.5) is 22.0 Å². The summed E-state index contributed by atoms with van der Waals surface area (Å²) in [5, 5.41) is 18.3. The second-order valence-corrected chi connectivity index (χ2v) is 9.63. The lowest BCUT2D eigenvalue weighted by Crippen LogP contribution is -2.37. The molecule has 1 aromatic carbocycles. The molecule has 0 radical (unpaired) electrons. The average molecular weight is 584 g/mol. The number of aromatic nitrogens is 7. The van der Waals surface area contributed by atoms with Crippen LogP contribution in [0.25, 0.3) is 17.2 Å². The molecule has 4 aromatic rings.